The van der Waals surface area contributed by atoms with Gasteiger partial charge in [0.15, 0.2) is 0 Å². The van der Waals surface area contributed by atoms with Crippen LogP contribution in [0, 0.1) is 28.6 Å². The maximum atomic E-state index is 12.2. The molecule has 1 saturated heterocycles. The van der Waals surface area contributed by atoms with Gasteiger partial charge in [0.1, 0.15) is 0 Å². The first-order valence-corrected chi connectivity index (χ1v) is 10.2. The SMILES string of the molecule is CN1C(=O)CC[C@@]2(C)C1=CC=C1[C@@H]3CC[C@H](CCCO)[C@@]3(C)CC[C@@H]12. The van der Waals surface area contributed by atoms with Crippen molar-refractivity contribution in [2.75, 3.05) is 13.7 Å². The molecule has 1 heterocycles. The summed E-state index contributed by atoms with van der Waals surface area (Å²) in [5.74, 6) is 2.34. The van der Waals surface area contributed by atoms with Crippen molar-refractivity contribution >= 4 is 5.91 Å². The van der Waals surface area contributed by atoms with Crippen LogP contribution < -0.4 is 0 Å². The van der Waals surface area contributed by atoms with Crippen molar-refractivity contribution in [1.29, 1.82) is 0 Å². The summed E-state index contributed by atoms with van der Waals surface area (Å²) in [6.07, 6.45) is 13.6. The lowest BCUT2D eigenvalue weighted by molar-refractivity contribution is -0.133. The highest BCUT2D eigenvalue weighted by atomic mass is 16.2. The van der Waals surface area contributed by atoms with Crippen LogP contribution in [0.4, 0.5) is 0 Å². The largest absolute Gasteiger partial charge is 0.396 e. The maximum Gasteiger partial charge on any atom is 0.226 e. The second-order valence-corrected chi connectivity index (χ2v) is 9.38. The summed E-state index contributed by atoms with van der Waals surface area (Å²) in [6.45, 7) is 5.25. The van der Waals surface area contributed by atoms with Gasteiger partial charge in [0, 0.05) is 31.2 Å². The molecule has 138 valence electrons. The third kappa shape index (κ3) is 2.38. The topological polar surface area (TPSA) is 40.5 Å². The molecule has 5 atom stereocenters. The Hall–Kier alpha value is -1.09. The summed E-state index contributed by atoms with van der Waals surface area (Å²) < 4.78 is 0. The second-order valence-electron chi connectivity index (χ2n) is 9.38. The number of amides is 1. The van der Waals surface area contributed by atoms with Crippen molar-refractivity contribution in [3.05, 3.63) is 23.4 Å². The maximum absolute atomic E-state index is 12.2. The minimum atomic E-state index is 0.136. The summed E-state index contributed by atoms with van der Waals surface area (Å²) in [5, 5.41) is 9.25. The monoisotopic (exact) mass is 343 g/mol. The standard InChI is InChI=1S/C22H33NO2/c1-21-12-10-18-16(17(21)8-6-15(21)5-4-14-24)7-9-19-22(18,2)13-11-20(25)23(19)3/h7,9,15,17-18,24H,4-6,8,10-14H2,1-3H3/t15-,17-,18-,21+,22+/m0/s1. The van der Waals surface area contributed by atoms with Crippen LogP contribution in [-0.2, 0) is 4.79 Å². The predicted molar refractivity (Wildman–Crippen MR) is 99.6 cm³/mol. The minimum absolute atomic E-state index is 0.136. The van der Waals surface area contributed by atoms with Crippen molar-refractivity contribution in [3.8, 4) is 0 Å². The normalized spacial score (nSPS) is 43.1. The van der Waals surface area contributed by atoms with Gasteiger partial charge in [-0.3, -0.25) is 4.79 Å². The number of likely N-dealkylation sites (tertiary alicyclic amines) is 1. The molecule has 0 unspecified atom stereocenters. The first kappa shape index (κ1) is 17.3. The van der Waals surface area contributed by atoms with E-state index in [2.05, 4.69) is 26.0 Å². The van der Waals surface area contributed by atoms with E-state index in [0.717, 1.165) is 18.8 Å². The van der Waals surface area contributed by atoms with Crippen molar-refractivity contribution in [3.63, 3.8) is 0 Å². The van der Waals surface area contributed by atoms with E-state index < -0.39 is 0 Å². The van der Waals surface area contributed by atoms with Gasteiger partial charge in [-0.1, -0.05) is 25.5 Å². The molecule has 3 fully saturated rings. The molecular formula is C22H33NO2. The van der Waals surface area contributed by atoms with Crippen LogP contribution in [0.1, 0.15) is 65.2 Å². The zero-order valence-electron chi connectivity index (χ0n) is 16.1. The molecule has 0 aromatic heterocycles. The number of hydrogen-bond donors (Lipinski definition) is 1. The molecule has 2 saturated carbocycles. The Morgan fingerprint density at radius 3 is 2.72 bits per heavy atom. The van der Waals surface area contributed by atoms with E-state index in [0.29, 0.717) is 30.3 Å². The highest BCUT2D eigenvalue weighted by Gasteiger charge is 2.56. The van der Waals surface area contributed by atoms with E-state index in [1.165, 1.54) is 37.8 Å². The average molecular weight is 344 g/mol. The van der Waals surface area contributed by atoms with E-state index in [1.807, 2.05) is 11.9 Å². The molecular weight excluding hydrogens is 310 g/mol. The van der Waals surface area contributed by atoms with Crippen molar-refractivity contribution in [2.24, 2.45) is 28.6 Å². The number of aliphatic hydroxyl groups is 1. The fourth-order valence-electron chi connectivity index (χ4n) is 6.84. The van der Waals surface area contributed by atoms with Gasteiger partial charge in [-0.15, -0.1) is 0 Å². The summed E-state index contributed by atoms with van der Waals surface area (Å²) in [4.78, 5) is 14.1. The van der Waals surface area contributed by atoms with Gasteiger partial charge in [0.25, 0.3) is 0 Å². The van der Waals surface area contributed by atoms with Crippen LogP contribution in [0.25, 0.3) is 0 Å². The molecule has 0 aromatic rings. The first-order valence-electron chi connectivity index (χ1n) is 10.2. The Bertz CT molecular complexity index is 636. The number of hydrogen-bond acceptors (Lipinski definition) is 2. The molecule has 3 heteroatoms. The van der Waals surface area contributed by atoms with Gasteiger partial charge < -0.3 is 10.0 Å². The first-order chi connectivity index (χ1) is 11.9. The Balaban J connectivity index is 1.67. The summed E-state index contributed by atoms with van der Waals surface area (Å²) in [7, 11) is 1.96. The number of carbonyl (C=O) groups excluding carboxylic acids is 1. The number of carbonyl (C=O) groups is 1. The number of fused-ring (bicyclic) bond motifs is 5. The Labute approximate surface area is 152 Å². The zero-order valence-corrected chi connectivity index (χ0v) is 16.1. The van der Waals surface area contributed by atoms with Crippen molar-refractivity contribution < 1.29 is 9.90 Å². The number of nitrogens with zero attached hydrogens (tertiary/aromatic N) is 1. The molecule has 1 N–H and O–H groups in total. The van der Waals surface area contributed by atoms with Gasteiger partial charge >= 0.3 is 0 Å². The summed E-state index contributed by atoms with van der Waals surface area (Å²) in [6, 6.07) is 0. The molecule has 0 bridgehead atoms. The molecule has 1 aliphatic heterocycles. The molecule has 0 radical (unpaired) electrons. The Morgan fingerprint density at radius 1 is 1.16 bits per heavy atom. The van der Waals surface area contributed by atoms with Gasteiger partial charge in [-0.2, -0.15) is 0 Å². The van der Waals surface area contributed by atoms with E-state index in [-0.39, 0.29) is 11.3 Å². The third-order valence-electron chi connectivity index (χ3n) is 8.40. The minimum Gasteiger partial charge on any atom is -0.396 e. The Morgan fingerprint density at radius 2 is 1.96 bits per heavy atom. The second kappa shape index (κ2) is 5.97. The molecule has 0 aromatic carbocycles. The number of aliphatic hydroxyl groups excluding tert-OH is 1. The smallest absolute Gasteiger partial charge is 0.226 e. The van der Waals surface area contributed by atoms with Crippen LogP contribution in [0.2, 0.25) is 0 Å². The molecule has 3 nitrogen and oxygen atoms in total. The lowest BCUT2D eigenvalue weighted by Gasteiger charge is -2.55. The predicted octanol–water partition coefficient (Wildman–Crippen LogP) is 4.28. The summed E-state index contributed by atoms with van der Waals surface area (Å²) in [5.41, 5.74) is 3.47. The molecule has 25 heavy (non-hydrogen) atoms. The lowest BCUT2D eigenvalue weighted by atomic mass is 9.52. The van der Waals surface area contributed by atoms with Crippen LogP contribution in [0.3, 0.4) is 0 Å². The molecule has 3 aliphatic carbocycles. The molecule has 4 aliphatic rings. The van der Waals surface area contributed by atoms with E-state index >= 15 is 0 Å². The van der Waals surface area contributed by atoms with Crippen molar-refractivity contribution in [2.45, 2.75) is 65.2 Å². The van der Waals surface area contributed by atoms with Gasteiger partial charge in [0.2, 0.25) is 5.91 Å². The molecule has 1 amide bonds. The number of allylic oxidation sites excluding steroid dienone is 4. The van der Waals surface area contributed by atoms with Crippen LogP contribution >= 0.6 is 0 Å². The van der Waals surface area contributed by atoms with Crippen LogP contribution in [0.5, 0.6) is 0 Å². The molecule has 4 rings (SSSR count). The fourth-order valence-corrected chi connectivity index (χ4v) is 6.84. The highest BCUT2D eigenvalue weighted by molar-refractivity contribution is 5.80. The van der Waals surface area contributed by atoms with Gasteiger partial charge in [-0.05, 0) is 74.2 Å². The average Bonchev–Trinajstić information content (AvgIpc) is 2.93. The Kier molecular flexibility index (Phi) is 4.14. The van der Waals surface area contributed by atoms with Crippen LogP contribution in [-0.4, -0.2) is 29.6 Å². The lowest BCUT2D eigenvalue weighted by Crippen LogP contribution is -2.50. The third-order valence-corrected chi connectivity index (χ3v) is 8.40. The zero-order chi connectivity index (χ0) is 17.8. The quantitative estimate of drug-likeness (QED) is 0.831. The van der Waals surface area contributed by atoms with Crippen molar-refractivity contribution in [1.82, 2.24) is 4.90 Å². The summed E-state index contributed by atoms with van der Waals surface area (Å²) >= 11 is 0. The van der Waals surface area contributed by atoms with Crippen LogP contribution in [0.15, 0.2) is 23.4 Å². The van der Waals surface area contributed by atoms with E-state index in [9.17, 15) is 9.90 Å². The van der Waals surface area contributed by atoms with Gasteiger partial charge in [-0.25, -0.2) is 0 Å². The van der Waals surface area contributed by atoms with Gasteiger partial charge in [0.05, 0.1) is 0 Å². The van der Waals surface area contributed by atoms with E-state index in [1.54, 1.807) is 5.57 Å². The molecule has 0 spiro atoms. The number of rotatable bonds is 3. The highest BCUT2D eigenvalue weighted by Crippen LogP contribution is 2.65. The fraction of sp³-hybridized carbons (Fsp3) is 0.773. The van der Waals surface area contributed by atoms with E-state index in [4.69, 9.17) is 0 Å². The number of piperidine rings is 1.